The van der Waals surface area contributed by atoms with Crippen molar-refractivity contribution in [1.29, 1.82) is 0 Å². The third-order valence-electron chi connectivity index (χ3n) is 3.71. The number of amides is 1. The van der Waals surface area contributed by atoms with Crippen molar-refractivity contribution in [2.24, 2.45) is 5.92 Å². The van der Waals surface area contributed by atoms with Crippen molar-refractivity contribution in [2.45, 2.75) is 46.6 Å². The summed E-state index contributed by atoms with van der Waals surface area (Å²) in [7, 11) is 0. The molecule has 2 N–H and O–H groups in total. The lowest BCUT2D eigenvalue weighted by molar-refractivity contribution is 0.0926. The summed E-state index contributed by atoms with van der Waals surface area (Å²) in [6.45, 7) is 9.14. The Morgan fingerprint density at radius 3 is 2.45 bits per heavy atom. The summed E-state index contributed by atoms with van der Waals surface area (Å²) in [5.74, 6) is 0.434. The van der Waals surface area contributed by atoms with E-state index in [9.17, 15) is 4.79 Å². The van der Waals surface area contributed by atoms with Crippen molar-refractivity contribution >= 4 is 23.2 Å². The zero-order valence-corrected chi connectivity index (χ0v) is 13.6. The minimum Gasteiger partial charge on any atom is -0.385 e. The first kappa shape index (κ1) is 16.8. The molecule has 1 unspecified atom stereocenters. The molecule has 112 valence electrons. The Labute approximate surface area is 127 Å². The van der Waals surface area contributed by atoms with Crippen molar-refractivity contribution in [3.8, 4) is 0 Å². The number of halogens is 1. The van der Waals surface area contributed by atoms with Gasteiger partial charge in [0.05, 0.1) is 5.56 Å². The maximum atomic E-state index is 12.4. The van der Waals surface area contributed by atoms with Crippen LogP contribution in [-0.4, -0.2) is 18.5 Å². The maximum Gasteiger partial charge on any atom is 0.253 e. The molecule has 20 heavy (non-hydrogen) atoms. The van der Waals surface area contributed by atoms with Crippen LogP contribution in [0.5, 0.6) is 0 Å². The smallest absolute Gasteiger partial charge is 0.253 e. The summed E-state index contributed by atoms with van der Waals surface area (Å²) < 4.78 is 0. The fourth-order valence-electron chi connectivity index (χ4n) is 2.45. The fourth-order valence-corrected chi connectivity index (χ4v) is 2.62. The molecular formula is C16H25ClN2O. The Hall–Kier alpha value is -1.22. The van der Waals surface area contributed by atoms with Crippen LogP contribution in [0.3, 0.4) is 0 Å². The van der Waals surface area contributed by atoms with Gasteiger partial charge in [0.15, 0.2) is 0 Å². The van der Waals surface area contributed by atoms with E-state index in [1.54, 1.807) is 12.1 Å². The van der Waals surface area contributed by atoms with E-state index in [0.29, 0.717) is 16.5 Å². The Kier molecular flexibility index (Phi) is 6.86. The minimum atomic E-state index is -0.0668. The molecule has 1 aromatic carbocycles. The second-order valence-electron chi connectivity index (χ2n) is 5.06. The van der Waals surface area contributed by atoms with Gasteiger partial charge in [-0.25, -0.2) is 0 Å². The molecule has 1 atom stereocenters. The highest BCUT2D eigenvalue weighted by atomic mass is 35.5. The number of nitrogens with one attached hydrogen (secondary N) is 2. The lowest BCUT2D eigenvalue weighted by atomic mass is 9.95. The molecule has 0 saturated heterocycles. The lowest BCUT2D eigenvalue weighted by Crippen LogP contribution is -2.38. The van der Waals surface area contributed by atoms with E-state index in [2.05, 4.69) is 31.4 Å². The summed E-state index contributed by atoms with van der Waals surface area (Å²) in [4.78, 5) is 12.4. The Balaban J connectivity index is 2.88. The van der Waals surface area contributed by atoms with Gasteiger partial charge in [-0.3, -0.25) is 4.79 Å². The van der Waals surface area contributed by atoms with Gasteiger partial charge in [0.1, 0.15) is 0 Å². The highest BCUT2D eigenvalue weighted by Gasteiger charge is 2.18. The molecule has 0 aliphatic rings. The molecule has 1 aromatic rings. The van der Waals surface area contributed by atoms with Gasteiger partial charge >= 0.3 is 0 Å². The molecule has 1 rings (SSSR count). The molecule has 1 amide bonds. The number of anilines is 1. The highest BCUT2D eigenvalue weighted by molar-refractivity contribution is 6.31. The van der Waals surface area contributed by atoms with E-state index in [0.717, 1.165) is 25.1 Å². The average Bonchev–Trinajstić information content (AvgIpc) is 2.42. The van der Waals surface area contributed by atoms with Gasteiger partial charge in [0.25, 0.3) is 5.91 Å². The number of hydrogen-bond donors (Lipinski definition) is 2. The molecule has 0 spiro atoms. The van der Waals surface area contributed by atoms with Crippen LogP contribution in [0.25, 0.3) is 0 Å². The third kappa shape index (κ3) is 4.41. The summed E-state index contributed by atoms with van der Waals surface area (Å²) in [6.07, 6.45) is 2.13. The molecule has 0 saturated carbocycles. The molecule has 3 nitrogen and oxygen atoms in total. The SMILES string of the molecule is CCNc1ccc(Cl)cc1C(=O)NC(C)C(CC)CC. The zero-order chi connectivity index (χ0) is 15.1. The van der Waals surface area contributed by atoms with Gasteiger partial charge < -0.3 is 10.6 Å². The van der Waals surface area contributed by atoms with Crippen molar-refractivity contribution in [1.82, 2.24) is 5.32 Å². The average molecular weight is 297 g/mol. The Bertz CT molecular complexity index is 444. The minimum absolute atomic E-state index is 0.0668. The highest BCUT2D eigenvalue weighted by Crippen LogP contribution is 2.21. The van der Waals surface area contributed by atoms with Crippen LogP contribution < -0.4 is 10.6 Å². The second kappa shape index (κ2) is 8.15. The van der Waals surface area contributed by atoms with E-state index in [4.69, 9.17) is 11.6 Å². The number of carbonyl (C=O) groups is 1. The molecule has 0 bridgehead atoms. The molecule has 0 aliphatic heterocycles. The van der Waals surface area contributed by atoms with Crippen molar-refractivity contribution in [2.75, 3.05) is 11.9 Å². The first-order valence-corrected chi connectivity index (χ1v) is 7.75. The van der Waals surface area contributed by atoms with Crippen LogP contribution >= 0.6 is 11.6 Å². The predicted octanol–water partition coefficient (Wildman–Crippen LogP) is 4.33. The van der Waals surface area contributed by atoms with Gasteiger partial charge in [0.2, 0.25) is 0 Å². The lowest BCUT2D eigenvalue weighted by Gasteiger charge is -2.23. The summed E-state index contributed by atoms with van der Waals surface area (Å²) in [5.41, 5.74) is 1.43. The van der Waals surface area contributed by atoms with Gasteiger partial charge in [-0.1, -0.05) is 38.3 Å². The quantitative estimate of drug-likeness (QED) is 0.786. The molecule has 0 fully saturated rings. The standard InChI is InChI=1S/C16H25ClN2O/c1-5-12(6-2)11(4)19-16(20)14-10-13(17)8-9-15(14)18-7-3/h8-12,18H,5-7H2,1-4H3,(H,19,20). The Morgan fingerprint density at radius 2 is 1.90 bits per heavy atom. The summed E-state index contributed by atoms with van der Waals surface area (Å²) in [6, 6.07) is 5.52. The van der Waals surface area contributed by atoms with Crippen LogP contribution in [0.2, 0.25) is 5.02 Å². The monoisotopic (exact) mass is 296 g/mol. The summed E-state index contributed by atoms with van der Waals surface area (Å²) in [5, 5.41) is 6.86. The van der Waals surface area contributed by atoms with Crippen molar-refractivity contribution in [3.05, 3.63) is 28.8 Å². The van der Waals surface area contributed by atoms with Crippen LogP contribution in [0, 0.1) is 5.92 Å². The maximum absolute atomic E-state index is 12.4. The second-order valence-corrected chi connectivity index (χ2v) is 5.50. The molecule has 0 aromatic heterocycles. The molecule has 4 heteroatoms. The zero-order valence-electron chi connectivity index (χ0n) is 12.8. The number of rotatable bonds is 7. The number of benzene rings is 1. The molecular weight excluding hydrogens is 272 g/mol. The van der Waals surface area contributed by atoms with Gasteiger partial charge in [-0.2, -0.15) is 0 Å². The van der Waals surface area contributed by atoms with Gasteiger partial charge in [0, 0.05) is 23.3 Å². The topological polar surface area (TPSA) is 41.1 Å². The van der Waals surface area contributed by atoms with Gasteiger partial charge in [-0.15, -0.1) is 0 Å². The Morgan fingerprint density at radius 1 is 1.25 bits per heavy atom. The van der Waals surface area contributed by atoms with Crippen LogP contribution in [0.15, 0.2) is 18.2 Å². The normalized spacial score (nSPS) is 12.3. The van der Waals surface area contributed by atoms with Crippen LogP contribution in [0.1, 0.15) is 50.9 Å². The van der Waals surface area contributed by atoms with E-state index >= 15 is 0 Å². The first-order chi connectivity index (χ1) is 9.53. The molecule has 0 aliphatic carbocycles. The van der Waals surface area contributed by atoms with Gasteiger partial charge in [-0.05, 0) is 38.0 Å². The van der Waals surface area contributed by atoms with Crippen LogP contribution in [-0.2, 0) is 0 Å². The number of hydrogen-bond acceptors (Lipinski definition) is 2. The van der Waals surface area contributed by atoms with E-state index < -0.39 is 0 Å². The molecule has 0 radical (unpaired) electrons. The fraction of sp³-hybridized carbons (Fsp3) is 0.562. The summed E-state index contributed by atoms with van der Waals surface area (Å²) >= 11 is 6.01. The van der Waals surface area contributed by atoms with Crippen molar-refractivity contribution < 1.29 is 4.79 Å². The van der Waals surface area contributed by atoms with Crippen LogP contribution in [0.4, 0.5) is 5.69 Å². The third-order valence-corrected chi connectivity index (χ3v) is 3.94. The van der Waals surface area contributed by atoms with E-state index in [-0.39, 0.29) is 11.9 Å². The predicted molar refractivity (Wildman–Crippen MR) is 86.6 cm³/mol. The van der Waals surface area contributed by atoms with E-state index in [1.165, 1.54) is 0 Å². The number of carbonyl (C=O) groups excluding carboxylic acids is 1. The van der Waals surface area contributed by atoms with Crippen molar-refractivity contribution in [3.63, 3.8) is 0 Å². The largest absolute Gasteiger partial charge is 0.385 e. The van der Waals surface area contributed by atoms with E-state index in [1.807, 2.05) is 13.0 Å². The molecule has 0 heterocycles. The first-order valence-electron chi connectivity index (χ1n) is 7.37.